The van der Waals surface area contributed by atoms with Crippen LogP contribution in [0, 0.1) is 5.82 Å². The molecule has 0 aliphatic heterocycles. The van der Waals surface area contributed by atoms with Crippen molar-refractivity contribution in [2.75, 3.05) is 10.0 Å². The zero-order valence-electron chi connectivity index (χ0n) is 15.9. The zero-order valence-corrected chi connectivity index (χ0v) is 16.8. The summed E-state index contributed by atoms with van der Waals surface area (Å²) in [5, 5.41) is 2.78. The standard InChI is InChI=1S/C22H16FN3O4S/c23-17-6-10-20(11-7-17)31(28,29)26-18-8-4-15(5-9-18)22(27)25-19-3-1-2-16(12-19)21-13-24-14-30-21/h1-14,26H,(H,25,27). The van der Waals surface area contributed by atoms with E-state index in [-0.39, 0.29) is 16.5 Å². The van der Waals surface area contributed by atoms with E-state index in [0.29, 0.717) is 17.0 Å². The van der Waals surface area contributed by atoms with Crippen molar-refractivity contribution in [1.29, 1.82) is 0 Å². The second-order valence-corrected chi connectivity index (χ2v) is 8.22. The van der Waals surface area contributed by atoms with Gasteiger partial charge in [-0.15, -0.1) is 0 Å². The number of nitrogens with one attached hydrogen (secondary N) is 2. The van der Waals surface area contributed by atoms with Gasteiger partial charge >= 0.3 is 0 Å². The van der Waals surface area contributed by atoms with Crippen LogP contribution in [0.5, 0.6) is 0 Å². The van der Waals surface area contributed by atoms with Crippen LogP contribution in [-0.2, 0) is 10.0 Å². The van der Waals surface area contributed by atoms with Gasteiger partial charge in [-0.25, -0.2) is 17.8 Å². The number of hydrogen-bond donors (Lipinski definition) is 2. The van der Waals surface area contributed by atoms with Gasteiger partial charge in [0.15, 0.2) is 12.2 Å². The molecule has 1 aromatic heterocycles. The number of carbonyl (C=O) groups is 1. The predicted octanol–water partition coefficient (Wildman–Crippen LogP) is 4.53. The Bertz CT molecular complexity index is 1300. The lowest BCUT2D eigenvalue weighted by molar-refractivity contribution is 0.102. The van der Waals surface area contributed by atoms with Gasteiger partial charge in [-0.2, -0.15) is 0 Å². The maximum Gasteiger partial charge on any atom is 0.261 e. The van der Waals surface area contributed by atoms with Crippen molar-refractivity contribution in [3.63, 3.8) is 0 Å². The Kier molecular flexibility index (Phi) is 5.50. The number of amides is 1. The van der Waals surface area contributed by atoms with Crippen LogP contribution in [0.4, 0.5) is 15.8 Å². The normalized spacial score (nSPS) is 11.1. The Labute approximate surface area is 177 Å². The molecule has 4 rings (SSSR count). The summed E-state index contributed by atoms with van der Waals surface area (Å²) in [4.78, 5) is 16.3. The molecule has 0 saturated carbocycles. The fourth-order valence-corrected chi connectivity index (χ4v) is 3.89. The largest absolute Gasteiger partial charge is 0.444 e. The van der Waals surface area contributed by atoms with Gasteiger partial charge in [0.1, 0.15) is 5.82 Å². The Balaban J connectivity index is 1.45. The summed E-state index contributed by atoms with van der Waals surface area (Å²) in [6, 6.07) is 17.5. The minimum atomic E-state index is -3.87. The SMILES string of the molecule is O=C(Nc1cccc(-c2cnco2)c1)c1ccc(NS(=O)(=O)c2ccc(F)cc2)cc1. The maximum absolute atomic E-state index is 13.0. The highest BCUT2D eigenvalue weighted by molar-refractivity contribution is 7.92. The van der Waals surface area contributed by atoms with Crippen LogP contribution in [0.25, 0.3) is 11.3 Å². The predicted molar refractivity (Wildman–Crippen MR) is 114 cm³/mol. The summed E-state index contributed by atoms with van der Waals surface area (Å²) >= 11 is 0. The van der Waals surface area contributed by atoms with Gasteiger partial charge in [-0.05, 0) is 60.7 Å². The van der Waals surface area contributed by atoms with Crippen molar-refractivity contribution < 1.29 is 22.0 Å². The van der Waals surface area contributed by atoms with Crippen molar-refractivity contribution in [2.24, 2.45) is 0 Å². The van der Waals surface area contributed by atoms with Crippen LogP contribution in [0.3, 0.4) is 0 Å². The summed E-state index contributed by atoms with van der Waals surface area (Å²) < 4.78 is 45.4. The Hall–Kier alpha value is -3.98. The van der Waals surface area contributed by atoms with Crippen molar-refractivity contribution in [2.45, 2.75) is 4.90 Å². The molecule has 3 aromatic carbocycles. The molecule has 0 radical (unpaired) electrons. The zero-order chi connectivity index (χ0) is 21.8. The summed E-state index contributed by atoms with van der Waals surface area (Å²) in [5.74, 6) is -0.308. The Morgan fingerprint density at radius 1 is 0.935 bits per heavy atom. The molecular weight excluding hydrogens is 421 g/mol. The molecule has 0 atom stereocenters. The van der Waals surface area contributed by atoms with E-state index in [9.17, 15) is 17.6 Å². The number of benzene rings is 3. The molecule has 7 nitrogen and oxygen atoms in total. The molecular formula is C22H16FN3O4S. The fourth-order valence-electron chi connectivity index (χ4n) is 2.83. The van der Waals surface area contributed by atoms with Gasteiger partial charge < -0.3 is 9.73 Å². The number of halogens is 1. The van der Waals surface area contributed by atoms with E-state index in [1.54, 1.807) is 24.4 Å². The highest BCUT2D eigenvalue weighted by Crippen LogP contribution is 2.23. The van der Waals surface area contributed by atoms with E-state index >= 15 is 0 Å². The first-order valence-corrected chi connectivity index (χ1v) is 10.6. The average Bonchev–Trinajstić information content (AvgIpc) is 3.29. The van der Waals surface area contributed by atoms with E-state index in [1.807, 2.05) is 6.07 Å². The molecule has 156 valence electrons. The number of nitrogens with zero attached hydrogens (tertiary/aromatic N) is 1. The van der Waals surface area contributed by atoms with Crippen molar-refractivity contribution in [3.8, 4) is 11.3 Å². The molecule has 9 heteroatoms. The third kappa shape index (κ3) is 4.78. The molecule has 0 saturated heterocycles. The van der Waals surface area contributed by atoms with Crippen molar-refractivity contribution in [1.82, 2.24) is 4.98 Å². The molecule has 0 aliphatic rings. The highest BCUT2D eigenvalue weighted by Gasteiger charge is 2.15. The minimum Gasteiger partial charge on any atom is -0.444 e. The van der Waals surface area contributed by atoms with E-state index in [4.69, 9.17) is 4.42 Å². The number of carbonyl (C=O) groups excluding carboxylic acids is 1. The lowest BCUT2D eigenvalue weighted by atomic mass is 10.1. The lowest BCUT2D eigenvalue weighted by Gasteiger charge is -2.10. The highest BCUT2D eigenvalue weighted by atomic mass is 32.2. The first-order valence-electron chi connectivity index (χ1n) is 9.09. The number of aromatic nitrogens is 1. The number of rotatable bonds is 6. The average molecular weight is 437 g/mol. The van der Waals surface area contributed by atoms with Crippen LogP contribution in [0.15, 0.2) is 94.7 Å². The van der Waals surface area contributed by atoms with Gasteiger partial charge in [0.2, 0.25) is 0 Å². The summed E-state index contributed by atoms with van der Waals surface area (Å²) in [6.45, 7) is 0. The molecule has 0 unspecified atom stereocenters. The first-order chi connectivity index (χ1) is 14.9. The lowest BCUT2D eigenvalue weighted by Crippen LogP contribution is -2.14. The topological polar surface area (TPSA) is 101 Å². The molecule has 0 fully saturated rings. The minimum absolute atomic E-state index is 0.0673. The second-order valence-electron chi connectivity index (χ2n) is 6.54. The van der Waals surface area contributed by atoms with Gasteiger partial charge in [-0.1, -0.05) is 12.1 Å². The Morgan fingerprint density at radius 3 is 2.35 bits per heavy atom. The molecule has 0 aliphatic carbocycles. The van der Waals surface area contributed by atoms with Gasteiger partial charge in [0.25, 0.3) is 15.9 Å². The van der Waals surface area contributed by atoms with Gasteiger partial charge in [-0.3, -0.25) is 9.52 Å². The van der Waals surface area contributed by atoms with Crippen LogP contribution in [0.2, 0.25) is 0 Å². The Morgan fingerprint density at radius 2 is 1.68 bits per heavy atom. The molecule has 0 bridgehead atoms. The number of sulfonamides is 1. The van der Waals surface area contributed by atoms with E-state index in [1.165, 1.54) is 42.8 Å². The smallest absolute Gasteiger partial charge is 0.261 e. The van der Waals surface area contributed by atoms with Crippen LogP contribution in [0.1, 0.15) is 10.4 Å². The number of hydrogen-bond acceptors (Lipinski definition) is 5. The quantitative estimate of drug-likeness (QED) is 0.461. The van der Waals surface area contributed by atoms with E-state index < -0.39 is 15.8 Å². The second kappa shape index (κ2) is 8.41. The van der Waals surface area contributed by atoms with Crippen molar-refractivity contribution in [3.05, 3.63) is 96.8 Å². The molecule has 0 spiro atoms. The van der Waals surface area contributed by atoms with Crippen LogP contribution >= 0.6 is 0 Å². The van der Waals surface area contributed by atoms with Gasteiger partial charge in [0.05, 0.1) is 11.1 Å². The van der Waals surface area contributed by atoms with Crippen molar-refractivity contribution >= 4 is 27.3 Å². The third-order valence-electron chi connectivity index (χ3n) is 4.36. The number of oxazole rings is 1. The number of anilines is 2. The fraction of sp³-hybridized carbons (Fsp3) is 0. The molecule has 1 amide bonds. The monoisotopic (exact) mass is 437 g/mol. The van der Waals surface area contributed by atoms with E-state index in [0.717, 1.165) is 17.7 Å². The van der Waals surface area contributed by atoms with Gasteiger partial charge in [0, 0.05) is 22.5 Å². The molecule has 4 aromatic rings. The summed E-state index contributed by atoms with van der Waals surface area (Å²) in [7, 11) is -3.87. The molecule has 2 N–H and O–H groups in total. The third-order valence-corrected chi connectivity index (χ3v) is 5.76. The molecule has 1 heterocycles. The van der Waals surface area contributed by atoms with Crippen LogP contribution < -0.4 is 10.0 Å². The first kappa shape index (κ1) is 20.3. The van der Waals surface area contributed by atoms with E-state index in [2.05, 4.69) is 15.0 Å². The van der Waals surface area contributed by atoms with Crippen LogP contribution in [-0.4, -0.2) is 19.3 Å². The summed E-state index contributed by atoms with van der Waals surface area (Å²) in [6.07, 6.45) is 2.90. The molecule has 31 heavy (non-hydrogen) atoms. The summed E-state index contributed by atoms with van der Waals surface area (Å²) in [5.41, 5.74) is 1.95. The maximum atomic E-state index is 13.0.